The molecule has 0 bridgehead atoms. The van der Waals surface area contributed by atoms with Gasteiger partial charge in [0.2, 0.25) is 0 Å². The molecule has 2 rings (SSSR count). The van der Waals surface area contributed by atoms with Gasteiger partial charge in [-0.25, -0.2) is 4.84 Å². The number of aliphatic hydroxyl groups is 1. The van der Waals surface area contributed by atoms with Gasteiger partial charge >= 0.3 is 0 Å². The molecule has 1 unspecified atom stereocenters. The Morgan fingerprint density at radius 3 is 2.21 bits per heavy atom. The lowest BCUT2D eigenvalue weighted by Crippen LogP contribution is -2.19. The summed E-state index contributed by atoms with van der Waals surface area (Å²) in [6.07, 6.45) is -0.875. The highest BCUT2D eigenvalue weighted by Crippen LogP contribution is 2.20. The first kappa shape index (κ1) is 13.3. The molecule has 0 aliphatic carbocycles. The molecule has 3 heteroatoms. The predicted octanol–water partition coefficient (Wildman–Crippen LogP) is 3.18. The van der Waals surface area contributed by atoms with Gasteiger partial charge in [-0.15, -0.1) is 0 Å². The van der Waals surface area contributed by atoms with E-state index in [-0.39, 0.29) is 0 Å². The molecule has 0 spiro atoms. The first-order chi connectivity index (χ1) is 9.16. The summed E-state index contributed by atoms with van der Waals surface area (Å²) < 4.78 is 0. The maximum absolute atomic E-state index is 9.02. The Morgan fingerprint density at radius 1 is 1.05 bits per heavy atom. The van der Waals surface area contributed by atoms with E-state index in [1.54, 1.807) is 0 Å². The molecule has 19 heavy (non-hydrogen) atoms. The van der Waals surface area contributed by atoms with Crippen LogP contribution >= 0.6 is 0 Å². The van der Waals surface area contributed by atoms with Gasteiger partial charge in [-0.05, 0) is 23.6 Å². The van der Waals surface area contributed by atoms with E-state index in [9.17, 15) is 0 Å². The molecule has 2 aromatic carbocycles. The first-order valence-corrected chi connectivity index (χ1v) is 6.11. The van der Waals surface area contributed by atoms with Crippen LogP contribution in [0.3, 0.4) is 0 Å². The van der Waals surface area contributed by atoms with E-state index >= 15 is 0 Å². The van der Waals surface area contributed by atoms with Crippen molar-refractivity contribution in [3.05, 3.63) is 66.7 Å². The SMILES string of the molecule is C=C(NOC(C)O)c1ccc(-c2ccccc2)cc1. The quantitative estimate of drug-likeness (QED) is 0.637. The van der Waals surface area contributed by atoms with E-state index < -0.39 is 6.29 Å². The molecule has 2 N–H and O–H groups in total. The Labute approximate surface area is 113 Å². The monoisotopic (exact) mass is 255 g/mol. The number of benzene rings is 2. The second-order valence-corrected chi connectivity index (χ2v) is 4.24. The second kappa shape index (κ2) is 6.18. The minimum Gasteiger partial charge on any atom is -0.366 e. The van der Waals surface area contributed by atoms with Gasteiger partial charge in [-0.1, -0.05) is 61.2 Å². The van der Waals surface area contributed by atoms with Gasteiger partial charge in [-0.2, -0.15) is 0 Å². The minimum atomic E-state index is -0.875. The lowest BCUT2D eigenvalue weighted by atomic mass is 10.0. The van der Waals surface area contributed by atoms with Crippen LogP contribution in [0.5, 0.6) is 0 Å². The number of rotatable bonds is 5. The van der Waals surface area contributed by atoms with E-state index in [2.05, 4.69) is 24.2 Å². The summed E-state index contributed by atoms with van der Waals surface area (Å²) in [5.74, 6) is 0. The largest absolute Gasteiger partial charge is 0.366 e. The zero-order valence-corrected chi connectivity index (χ0v) is 10.8. The van der Waals surface area contributed by atoms with Crippen LogP contribution in [-0.4, -0.2) is 11.4 Å². The second-order valence-electron chi connectivity index (χ2n) is 4.24. The summed E-state index contributed by atoms with van der Waals surface area (Å²) in [5.41, 5.74) is 6.46. The van der Waals surface area contributed by atoms with Crippen molar-refractivity contribution >= 4 is 5.70 Å². The molecule has 0 aromatic heterocycles. The lowest BCUT2D eigenvalue weighted by Gasteiger charge is -2.12. The van der Waals surface area contributed by atoms with Crippen molar-refractivity contribution in [2.75, 3.05) is 0 Å². The highest BCUT2D eigenvalue weighted by Gasteiger charge is 2.02. The van der Waals surface area contributed by atoms with Crippen molar-refractivity contribution < 1.29 is 9.94 Å². The fraction of sp³-hybridized carbons (Fsp3) is 0.125. The average Bonchev–Trinajstić information content (AvgIpc) is 2.46. The Kier molecular flexibility index (Phi) is 4.34. The molecule has 0 aliphatic heterocycles. The van der Waals surface area contributed by atoms with E-state index in [0.29, 0.717) is 5.70 Å². The third-order valence-electron chi connectivity index (χ3n) is 2.69. The molecule has 0 aliphatic rings. The van der Waals surface area contributed by atoms with E-state index in [1.807, 2.05) is 42.5 Å². The molecule has 0 saturated carbocycles. The van der Waals surface area contributed by atoms with Crippen LogP contribution in [0.4, 0.5) is 0 Å². The highest BCUT2D eigenvalue weighted by atomic mass is 16.7. The maximum atomic E-state index is 9.02. The molecular weight excluding hydrogens is 238 g/mol. The number of aliphatic hydroxyl groups excluding tert-OH is 1. The average molecular weight is 255 g/mol. The van der Waals surface area contributed by atoms with Crippen molar-refractivity contribution in [1.29, 1.82) is 0 Å². The van der Waals surface area contributed by atoms with Gasteiger partial charge in [0.15, 0.2) is 6.29 Å². The Balaban J connectivity index is 2.08. The summed E-state index contributed by atoms with van der Waals surface area (Å²) in [7, 11) is 0. The van der Waals surface area contributed by atoms with Crippen molar-refractivity contribution in [3.8, 4) is 11.1 Å². The van der Waals surface area contributed by atoms with Crippen LogP contribution in [0.25, 0.3) is 16.8 Å². The third kappa shape index (κ3) is 3.68. The fourth-order valence-corrected chi connectivity index (χ4v) is 1.71. The minimum absolute atomic E-state index is 0.612. The molecule has 1 atom stereocenters. The number of hydrogen-bond donors (Lipinski definition) is 2. The molecule has 0 amide bonds. The van der Waals surface area contributed by atoms with Crippen LogP contribution in [0, 0.1) is 0 Å². The molecule has 0 saturated heterocycles. The molecule has 0 heterocycles. The molecule has 98 valence electrons. The summed E-state index contributed by atoms with van der Waals surface area (Å²) in [6.45, 7) is 5.38. The Morgan fingerprint density at radius 2 is 1.63 bits per heavy atom. The summed E-state index contributed by atoms with van der Waals surface area (Å²) in [6, 6.07) is 18.1. The van der Waals surface area contributed by atoms with Crippen LogP contribution in [0.2, 0.25) is 0 Å². The van der Waals surface area contributed by atoms with Gasteiger partial charge < -0.3 is 5.11 Å². The zero-order valence-electron chi connectivity index (χ0n) is 10.8. The normalized spacial score (nSPS) is 11.9. The zero-order chi connectivity index (χ0) is 13.7. The van der Waals surface area contributed by atoms with Crippen molar-refractivity contribution in [2.45, 2.75) is 13.2 Å². The van der Waals surface area contributed by atoms with Crippen LogP contribution in [0.1, 0.15) is 12.5 Å². The maximum Gasteiger partial charge on any atom is 0.178 e. The summed E-state index contributed by atoms with van der Waals surface area (Å²) in [5, 5.41) is 9.02. The summed E-state index contributed by atoms with van der Waals surface area (Å²) in [4.78, 5) is 4.88. The van der Waals surface area contributed by atoms with Crippen LogP contribution in [-0.2, 0) is 4.84 Å². The molecule has 0 fully saturated rings. The van der Waals surface area contributed by atoms with Gasteiger partial charge in [0.05, 0.1) is 5.70 Å². The van der Waals surface area contributed by atoms with Gasteiger partial charge in [0.1, 0.15) is 0 Å². The van der Waals surface area contributed by atoms with E-state index in [1.165, 1.54) is 12.5 Å². The Hall–Kier alpha value is -2.10. The predicted molar refractivity (Wildman–Crippen MR) is 76.8 cm³/mol. The van der Waals surface area contributed by atoms with E-state index in [4.69, 9.17) is 9.94 Å². The number of hydrogen-bond acceptors (Lipinski definition) is 3. The number of hydroxylamine groups is 1. The Bertz CT molecular complexity index is 532. The summed E-state index contributed by atoms with van der Waals surface area (Å²) >= 11 is 0. The van der Waals surface area contributed by atoms with E-state index in [0.717, 1.165) is 11.1 Å². The van der Waals surface area contributed by atoms with Crippen LogP contribution in [0.15, 0.2) is 61.2 Å². The topological polar surface area (TPSA) is 41.5 Å². The number of nitrogens with one attached hydrogen (secondary N) is 1. The highest BCUT2D eigenvalue weighted by molar-refractivity contribution is 5.68. The van der Waals surface area contributed by atoms with Crippen LogP contribution < -0.4 is 5.48 Å². The van der Waals surface area contributed by atoms with Crippen molar-refractivity contribution in [3.63, 3.8) is 0 Å². The first-order valence-electron chi connectivity index (χ1n) is 6.11. The van der Waals surface area contributed by atoms with Crippen molar-refractivity contribution in [2.24, 2.45) is 0 Å². The molecule has 3 nitrogen and oxygen atoms in total. The van der Waals surface area contributed by atoms with Gasteiger partial charge in [-0.3, -0.25) is 5.48 Å². The molecule has 2 aromatic rings. The molecule has 0 radical (unpaired) electrons. The van der Waals surface area contributed by atoms with Crippen molar-refractivity contribution in [1.82, 2.24) is 5.48 Å². The lowest BCUT2D eigenvalue weighted by molar-refractivity contribution is -0.116. The molecular formula is C16H17NO2. The smallest absolute Gasteiger partial charge is 0.178 e. The van der Waals surface area contributed by atoms with Gasteiger partial charge in [0, 0.05) is 0 Å². The third-order valence-corrected chi connectivity index (χ3v) is 2.69. The standard InChI is InChI=1S/C16H17NO2/c1-12(17-19-13(2)18)14-8-10-16(11-9-14)15-6-4-3-5-7-15/h3-11,13,17-18H,1H2,2H3. The van der Waals surface area contributed by atoms with Gasteiger partial charge in [0.25, 0.3) is 0 Å². The fourth-order valence-electron chi connectivity index (χ4n) is 1.71.